The van der Waals surface area contributed by atoms with E-state index in [0.29, 0.717) is 22.6 Å². The maximum absolute atomic E-state index is 13.2. The number of β-lactam (4-membered cyclic amide) rings is 1. The number of nitrogens with zero attached hydrogens (tertiary/aromatic N) is 2. The SMILES string of the molecule is CC[C@H](O)[C@@H]1C(=O)N2C(C(=O)S)=C(CCC(=O)Nc3ccccc3)S[C@]12Cc1ccc([N+](=O)[O-])cc1. The maximum atomic E-state index is 13.2. The predicted octanol–water partition coefficient (Wildman–Crippen LogP) is 3.90. The second kappa shape index (κ2) is 10.5. The Morgan fingerprint density at radius 2 is 1.89 bits per heavy atom. The lowest BCUT2D eigenvalue weighted by Crippen LogP contribution is -2.71. The standard InChI is InChI=1S/C25H25N3O6S2/c1-2-18(29)21-23(31)27-22(24(32)35)19(12-13-20(30)26-16-6-4-3-5-7-16)36-25(21,27)14-15-8-10-17(11-9-15)28(33)34/h3-11,18,21,29H,2,12-14H2,1H3,(H,26,30)(H,32,35)/t18-,21+,25+/m0/s1. The van der Waals surface area contributed by atoms with Crippen molar-refractivity contribution in [2.75, 3.05) is 5.32 Å². The van der Waals surface area contributed by atoms with Crippen molar-refractivity contribution in [1.29, 1.82) is 0 Å². The topological polar surface area (TPSA) is 130 Å². The van der Waals surface area contributed by atoms with E-state index in [1.165, 1.54) is 28.8 Å². The molecule has 188 valence electrons. The van der Waals surface area contributed by atoms with Crippen LogP contribution in [-0.4, -0.2) is 42.8 Å². The number of nitro groups is 1. The lowest BCUT2D eigenvalue weighted by atomic mass is 9.77. The van der Waals surface area contributed by atoms with E-state index in [1.54, 1.807) is 43.3 Å². The Morgan fingerprint density at radius 3 is 2.47 bits per heavy atom. The number of para-hydroxylation sites is 1. The summed E-state index contributed by atoms with van der Waals surface area (Å²) in [7, 11) is 0. The number of hydrogen-bond donors (Lipinski definition) is 3. The molecule has 2 aromatic carbocycles. The largest absolute Gasteiger partial charge is 0.392 e. The van der Waals surface area contributed by atoms with E-state index in [1.807, 2.05) is 6.07 Å². The van der Waals surface area contributed by atoms with Crippen LogP contribution in [0.5, 0.6) is 0 Å². The highest BCUT2D eigenvalue weighted by atomic mass is 32.2. The fraction of sp³-hybridized carbons (Fsp3) is 0.320. The number of hydrogen-bond acceptors (Lipinski definition) is 7. The van der Waals surface area contributed by atoms with Crippen LogP contribution in [0.2, 0.25) is 0 Å². The van der Waals surface area contributed by atoms with E-state index in [4.69, 9.17) is 0 Å². The number of carbonyl (C=O) groups is 3. The number of anilines is 1. The molecule has 0 bridgehead atoms. The number of non-ortho nitro benzene ring substituents is 1. The highest BCUT2D eigenvalue weighted by Crippen LogP contribution is 2.61. The van der Waals surface area contributed by atoms with E-state index >= 15 is 0 Å². The minimum atomic E-state index is -0.985. The summed E-state index contributed by atoms with van der Waals surface area (Å²) >= 11 is 5.31. The van der Waals surface area contributed by atoms with Gasteiger partial charge in [-0.05, 0) is 30.5 Å². The molecule has 0 radical (unpaired) electrons. The molecule has 0 aromatic heterocycles. The van der Waals surface area contributed by atoms with Gasteiger partial charge in [0.1, 0.15) is 10.6 Å². The normalized spacial score (nSPS) is 21.6. The Labute approximate surface area is 217 Å². The van der Waals surface area contributed by atoms with E-state index < -0.39 is 26.9 Å². The summed E-state index contributed by atoms with van der Waals surface area (Å²) in [5.74, 6) is -1.39. The molecule has 1 fully saturated rings. The Kier molecular flexibility index (Phi) is 7.53. The number of thiol groups is 1. The zero-order valence-corrected chi connectivity index (χ0v) is 21.1. The van der Waals surface area contributed by atoms with Crippen LogP contribution in [0, 0.1) is 16.0 Å². The van der Waals surface area contributed by atoms with Crippen molar-refractivity contribution >= 4 is 52.7 Å². The second-order valence-electron chi connectivity index (χ2n) is 8.67. The Hall–Kier alpha value is -3.15. The van der Waals surface area contributed by atoms with Gasteiger partial charge in [-0.25, -0.2) is 0 Å². The van der Waals surface area contributed by atoms with Crippen LogP contribution in [0.25, 0.3) is 0 Å². The molecule has 0 aliphatic carbocycles. The average molecular weight is 528 g/mol. The van der Waals surface area contributed by atoms with Gasteiger partial charge >= 0.3 is 0 Å². The first-order valence-electron chi connectivity index (χ1n) is 11.4. The summed E-state index contributed by atoms with van der Waals surface area (Å²) in [6, 6.07) is 15.0. The minimum Gasteiger partial charge on any atom is -0.392 e. The first-order valence-corrected chi connectivity index (χ1v) is 12.7. The number of carbonyl (C=O) groups excluding carboxylic acids is 3. The first kappa shape index (κ1) is 25.9. The molecule has 2 N–H and O–H groups in total. The van der Waals surface area contributed by atoms with Crippen molar-refractivity contribution in [3.8, 4) is 0 Å². The lowest BCUT2D eigenvalue weighted by molar-refractivity contribution is -0.384. The van der Waals surface area contributed by atoms with Gasteiger partial charge in [0.15, 0.2) is 0 Å². The molecular weight excluding hydrogens is 502 g/mol. The summed E-state index contributed by atoms with van der Waals surface area (Å²) in [5.41, 5.74) is 1.44. The monoisotopic (exact) mass is 527 g/mol. The molecule has 2 aromatic rings. The number of nitrogens with one attached hydrogen (secondary N) is 1. The van der Waals surface area contributed by atoms with Gasteiger partial charge in [-0.1, -0.05) is 61.6 Å². The van der Waals surface area contributed by atoms with Gasteiger partial charge in [0.25, 0.3) is 5.69 Å². The van der Waals surface area contributed by atoms with Crippen molar-refractivity contribution in [2.24, 2.45) is 5.92 Å². The molecule has 11 heteroatoms. The summed E-state index contributed by atoms with van der Waals surface area (Å²) in [4.78, 5) is 49.8. The molecule has 36 heavy (non-hydrogen) atoms. The van der Waals surface area contributed by atoms with Crippen LogP contribution < -0.4 is 5.32 Å². The molecule has 3 atom stereocenters. The van der Waals surface area contributed by atoms with Gasteiger partial charge < -0.3 is 10.4 Å². The molecule has 2 aliphatic rings. The van der Waals surface area contributed by atoms with E-state index in [9.17, 15) is 29.6 Å². The first-order chi connectivity index (χ1) is 17.2. The van der Waals surface area contributed by atoms with E-state index in [2.05, 4.69) is 17.9 Å². The van der Waals surface area contributed by atoms with Gasteiger partial charge in [0, 0.05) is 35.6 Å². The molecule has 9 nitrogen and oxygen atoms in total. The van der Waals surface area contributed by atoms with Crippen molar-refractivity contribution in [2.45, 2.75) is 43.6 Å². The highest BCUT2D eigenvalue weighted by molar-refractivity contribution is 8.05. The molecule has 2 amide bonds. The molecule has 0 spiro atoms. The predicted molar refractivity (Wildman–Crippen MR) is 139 cm³/mol. The number of aliphatic hydroxyl groups is 1. The Morgan fingerprint density at radius 1 is 1.22 bits per heavy atom. The average Bonchev–Trinajstić information content (AvgIpc) is 3.13. The lowest BCUT2D eigenvalue weighted by Gasteiger charge is -2.55. The Balaban J connectivity index is 1.60. The van der Waals surface area contributed by atoms with Crippen molar-refractivity contribution in [1.82, 2.24) is 4.90 Å². The third-order valence-corrected chi connectivity index (χ3v) is 8.18. The maximum Gasteiger partial charge on any atom is 0.269 e. The summed E-state index contributed by atoms with van der Waals surface area (Å²) < 4.78 is 0. The summed E-state index contributed by atoms with van der Waals surface area (Å²) in [5, 5.41) is 24.0. The van der Waals surface area contributed by atoms with Crippen LogP contribution >= 0.6 is 24.4 Å². The molecule has 0 saturated carbocycles. The zero-order chi connectivity index (χ0) is 26.0. The summed E-state index contributed by atoms with van der Waals surface area (Å²) in [6.45, 7) is 1.77. The number of rotatable bonds is 10. The fourth-order valence-corrected chi connectivity index (χ4v) is 6.82. The van der Waals surface area contributed by atoms with Gasteiger partial charge in [-0.2, -0.15) is 0 Å². The molecule has 2 aliphatic heterocycles. The third kappa shape index (κ3) is 4.78. The number of amides is 2. The molecule has 4 rings (SSSR count). The van der Waals surface area contributed by atoms with Gasteiger partial charge in [0.2, 0.25) is 16.9 Å². The number of thioether (sulfide) groups is 1. The van der Waals surface area contributed by atoms with Crippen molar-refractivity contribution in [3.05, 3.63) is 80.9 Å². The molecular formula is C25H25N3O6S2. The number of allylic oxidation sites excluding steroid dienone is 1. The van der Waals surface area contributed by atoms with Gasteiger partial charge in [-0.3, -0.25) is 29.4 Å². The second-order valence-corrected chi connectivity index (χ2v) is 10.5. The van der Waals surface area contributed by atoms with Gasteiger partial charge in [-0.15, -0.1) is 0 Å². The molecule has 2 heterocycles. The summed E-state index contributed by atoms with van der Waals surface area (Å²) in [6.07, 6.45) is -0.0418. The molecule has 1 saturated heterocycles. The van der Waals surface area contributed by atoms with Gasteiger partial charge in [0.05, 0.1) is 16.9 Å². The Bertz CT molecular complexity index is 1230. The highest BCUT2D eigenvalue weighted by Gasteiger charge is 2.68. The minimum absolute atomic E-state index is 0.0588. The fourth-order valence-electron chi connectivity index (χ4n) is 4.70. The smallest absolute Gasteiger partial charge is 0.269 e. The molecule has 0 unspecified atom stereocenters. The van der Waals surface area contributed by atoms with Crippen LogP contribution in [0.4, 0.5) is 11.4 Å². The number of benzene rings is 2. The van der Waals surface area contributed by atoms with Crippen molar-refractivity contribution < 1.29 is 24.4 Å². The third-order valence-electron chi connectivity index (χ3n) is 6.39. The number of nitro benzene ring substituents is 1. The number of aliphatic hydroxyl groups excluding tert-OH is 1. The van der Waals surface area contributed by atoms with Crippen LogP contribution in [-0.2, 0) is 20.8 Å². The van der Waals surface area contributed by atoms with Crippen LogP contribution in [0.15, 0.2) is 65.2 Å². The van der Waals surface area contributed by atoms with Crippen molar-refractivity contribution in [3.63, 3.8) is 0 Å². The van der Waals surface area contributed by atoms with E-state index in [-0.39, 0.29) is 42.5 Å². The zero-order valence-electron chi connectivity index (χ0n) is 19.4. The number of fused-ring (bicyclic) bond motifs is 1. The van der Waals surface area contributed by atoms with Crippen LogP contribution in [0.3, 0.4) is 0 Å². The quantitative estimate of drug-likeness (QED) is 0.185. The van der Waals surface area contributed by atoms with Crippen LogP contribution in [0.1, 0.15) is 31.7 Å². The van der Waals surface area contributed by atoms with E-state index in [0.717, 1.165) is 0 Å².